The highest BCUT2D eigenvalue weighted by molar-refractivity contribution is 5.70. The first-order valence-electron chi connectivity index (χ1n) is 5.69. The van der Waals surface area contributed by atoms with Crippen molar-refractivity contribution in [2.45, 2.75) is 38.6 Å². The Hall–Kier alpha value is -0.570. The van der Waals surface area contributed by atoms with Gasteiger partial charge in [0.2, 0.25) is 0 Å². The number of nitrogens with zero attached hydrogens (tertiary/aromatic N) is 1. The van der Waals surface area contributed by atoms with Crippen molar-refractivity contribution in [1.29, 1.82) is 0 Å². The summed E-state index contributed by atoms with van der Waals surface area (Å²) in [5.41, 5.74) is 0. The second-order valence-electron chi connectivity index (χ2n) is 4.59. The zero-order valence-corrected chi connectivity index (χ0v) is 8.78. The van der Waals surface area contributed by atoms with Crippen LogP contribution < -0.4 is 0 Å². The van der Waals surface area contributed by atoms with E-state index in [1.165, 1.54) is 13.0 Å². The highest BCUT2D eigenvalue weighted by atomic mass is 16.4. The molecule has 1 saturated carbocycles. The molecule has 0 aromatic carbocycles. The molecule has 14 heavy (non-hydrogen) atoms. The summed E-state index contributed by atoms with van der Waals surface area (Å²) in [6.07, 6.45) is 4.19. The summed E-state index contributed by atoms with van der Waals surface area (Å²) in [5, 5.41) is 9.00. The number of aliphatic carboxylic acids is 1. The van der Waals surface area contributed by atoms with E-state index in [4.69, 9.17) is 5.11 Å². The quantitative estimate of drug-likeness (QED) is 0.730. The van der Waals surface area contributed by atoms with Crippen LogP contribution >= 0.6 is 0 Å². The molecule has 1 saturated heterocycles. The number of carboxylic acid groups (broad SMARTS) is 1. The fraction of sp³-hybridized carbons (Fsp3) is 0.909. The van der Waals surface area contributed by atoms with Crippen LogP contribution in [0.2, 0.25) is 0 Å². The summed E-state index contributed by atoms with van der Waals surface area (Å²) >= 11 is 0. The van der Waals surface area contributed by atoms with Crippen LogP contribution in [0.3, 0.4) is 0 Å². The van der Waals surface area contributed by atoms with Crippen LogP contribution in [-0.2, 0) is 4.79 Å². The topological polar surface area (TPSA) is 40.5 Å². The molecule has 80 valence electrons. The van der Waals surface area contributed by atoms with Gasteiger partial charge in [-0.2, -0.15) is 0 Å². The maximum absolute atomic E-state index is 10.9. The molecule has 0 amide bonds. The first-order chi connectivity index (χ1) is 6.72. The second-order valence-corrected chi connectivity index (χ2v) is 4.59. The van der Waals surface area contributed by atoms with E-state index in [9.17, 15) is 4.79 Å². The maximum Gasteiger partial charge on any atom is 0.306 e. The first-order valence-corrected chi connectivity index (χ1v) is 5.69. The average Bonchev–Trinajstić information content (AvgIpc) is 2.59. The van der Waals surface area contributed by atoms with Crippen LogP contribution in [0.15, 0.2) is 0 Å². The van der Waals surface area contributed by atoms with Gasteiger partial charge < -0.3 is 10.0 Å². The zero-order valence-electron chi connectivity index (χ0n) is 8.78. The van der Waals surface area contributed by atoms with E-state index in [1.807, 2.05) is 0 Å². The molecular formula is C11H19NO2. The van der Waals surface area contributed by atoms with Crippen molar-refractivity contribution in [3.05, 3.63) is 0 Å². The van der Waals surface area contributed by atoms with Crippen molar-refractivity contribution in [1.82, 2.24) is 4.90 Å². The molecule has 0 bridgehead atoms. The minimum Gasteiger partial charge on any atom is -0.481 e. The van der Waals surface area contributed by atoms with Gasteiger partial charge in [-0.1, -0.05) is 6.92 Å². The average molecular weight is 197 g/mol. The predicted octanol–water partition coefficient (Wildman–Crippen LogP) is 1.58. The SMILES string of the molecule is CCN1CCC2CCC(C(=O)O)CC21. The molecule has 3 atom stereocenters. The molecule has 0 radical (unpaired) electrons. The fourth-order valence-electron chi connectivity index (χ4n) is 3.11. The van der Waals surface area contributed by atoms with E-state index in [-0.39, 0.29) is 5.92 Å². The van der Waals surface area contributed by atoms with Gasteiger partial charge in [-0.05, 0) is 44.7 Å². The molecule has 3 nitrogen and oxygen atoms in total. The lowest BCUT2D eigenvalue weighted by molar-refractivity contribution is -0.143. The number of carboxylic acids is 1. The van der Waals surface area contributed by atoms with Crippen molar-refractivity contribution in [2.75, 3.05) is 13.1 Å². The van der Waals surface area contributed by atoms with Crippen molar-refractivity contribution in [3.8, 4) is 0 Å². The predicted molar refractivity (Wildman–Crippen MR) is 54.1 cm³/mol. The van der Waals surface area contributed by atoms with Crippen LogP contribution in [0.25, 0.3) is 0 Å². The van der Waals surface area contributed by atoms with Gasteiger partial charge in [-0.15, -0.1) is 0 Å². The van der Waals surface area contributed by atoms with E-state index in [2.05, 4.69) is 11.8 Å². The van der Waals surface area contributed by atoms with Crippen LogP contribution in [0.1, 0.15) is 32.6 Å². The molecular weight excluding hydrogens is 178 g/mol. The van der Waals surface area contributed by atoms with Crippen molar-refractivity contribution >= 4 is 5.97 Å². The smallest absolute Gasteiger partial charge is 0.306 e. The number of hydrogen-bond donors (Lipinski definition) is 1. The summed E-state index contributed by atoms with van der Waals surface area (Å²) in [6, 6.07) is 0.565. The van der Waals surface area contributed by atoms with Crippen molar-refractivity contribution in [3.63, 3.8) is 0 Å². The Bertz CT molecular complexity index is 223. The van der Waals surface area contributed by atoms with E-state index >= 15 is 0 Å². The lowest BCUT2D eigenvalue weighted by Gasteiger charge is -2.34. The zero-order chi connectivity index (χ0) is 10.1. The molecule has 1 aliphatic carbocycles. The summed E-state index contributed by atoms with van der Waals surface area (Å²) in [5.74, 6) is 0.111. The molecule has 1 N–H and O–H groups in total. The van der Waals surface area contributed by atoms with Crippen LogP contribution in [0.4, 0.5) is 0 Å². The minimum atomic E-state index is -0.591. The summed E-state index contributed by atoms with van der Waals surface area (Å²) < 4.78 is 0. The molecule has 3 unspecified atom stereocenters. The highest BCUT2D eigenvalue weighted by Gasteiger charge is 2.39. The standard InChI is InChI=1S/C11H19NO2/c1-2-12-6-5-8-3-4-9(11(13)14)7-10(8)12/h8-10H,2-7H2,1H3,(H,13,14). The molecule has 0 aromatic rings. The van der Waals surface area contributed by atoms with Gasteiger partial charge in [0.1, 0.15) is 0 Å². The van der Waals surface area contributed by atoms with Crippen molar-refractivity contribution in [2.24, 2.45) is 11.8 Å². The molecule has 2 fully saturated rings. The molecule has 0 spiro atoms. The van der Waals surface area contributed by atoms with Crippen LogP contribution in [-0.4, -0.2) is 35.1 Å². The highest BCUT2D eigenvalue weighted by Crippen LogP contribution is 2.38. The Kier molecular flexibility index (Phi) is 2.77. The Balaban J connectivity index is 2.01. The van der Waals surface area contributed by atoms with Gasteiger partial charge in [0, 0.05) is 6.04 Å². The van der Waals surface area contributed by atoms with Crippen LogP contribution in [0.5, 0.6) is 0 Å². The van der Waals surface area contributed by atoms with Gasteiger partial charge in [0.25, 0.3) is 0 Å². The molecule has 2 aliphatic rings. The van der Waals surface area contributed by atoms with Crippen molar-refractivity contribution < 1.29 is 9.90 Å². The Labute approximate surface area is 85.1 Å². The molecule has 1 aliphatic heterocycles. The van der Waals surface area contributed by atoms with Gasteiger partial charge >= 0.3 is 5.97 Å². The monoisotopic (exact) mass is 197 g/mol. The largest absolute Gasteiger partial charge is 0.481 e. The molecule has 2 rings (SSSR count). The first kappa shape index (κ1) is 9.97. The third-order valence-corrected chi connectivity index (χ3v) is 3.97. The van der Waals surface area contributed by atoms with Crippen LogP contribution in [0, 0.1) is 11.8 Å². The molecule has 1 heterocycles. The lowest BCUT2D eigenvalue weighted by atomic mass is 9.79. The van der Waals surface area contributed by atoms with Gasteiger partial charge in [0.15, 0.2) is 0 Å². The molecule has 3 heteroatoms. The Morgan fingerprint density at radius 1 is 1.43 bits per heavy atom. The summed E-state index contributed by atoms with van der Waals surface area (Å²) in [4.78, 5) is 13.4. The summed E-state index contributed by atoms with van der Waals surface area (Å²) in [6.45, 7) is 4.43. The Morgan fingerprint density at radius 2 is 2.21 bits per heavy atom. The number of carbonyl (C=O) groups is 1. The number of rotatable bonds is 2. The third-order valence-electron chi connectivity index (χ3n) is 3.97. The van der Waals surface area contributed by atoms with E-state index < -0.39 is 5.97 Å². The second kappa shape index (κ2) is 3.89. The van der Waals surface area contributed by atoms with E-state index in [1.54, 1.807) is 0 Å². The van der Waals surface area contributed by atoms with E-state index in [0.717, 1.165) is 31.7 Å². The number of likely N-dealkylation sites (tertiary alicyclic amines) is 1. The number of fused-ring (bicyclic) bond motifs is 1. The minimum absolute atomic E-state index is 0.0802. The third kappa shape index (κ3) is 1.65. The summed E-state index contributed by atoms with van der Waals surface area (Å²) in [7, 11) is 0. The number of hydrogen-bond acceptors (Lipinski definition) is 2. The molecule has 0 aromatic heterocycles. The van der Waals surface area contributed by atoms with E-state index in [0.29, 0.717) is 6.04 Å². The maximum atomic E-state index is 10.9. The lowest BCUT2D eigenvalue weighted by Crippen LogP contribution is -2.39. The fourth-order valence-corrected chi connectivity index (χ4v) is 3.11. The van der Waals surface area contributed by atoms with Gasteiger partial charge in [-0.25, -0.2) is 0 Å². The normalized spacial score (nSPS) is 38.2. The Morgan fingerprint density at radius 3 is 2.86 bits per heavy atom. The van der Waals surface area contributed by atoms with Gasteiger partial charge in [-0.3, -0.25) is 4.79 Å². The van der Waals surface area contributed by atoms with Gasteiger partial charge in [0.05, 0.1) is 5.92 Å².